The smallest absolute Gasteiger partial charge is 0.162 e. The summed E-state index contributed by atoms with van der Waals surface area (Å²) in [5.74, 6) is 0.940. The van der Waals surface area contributed by atoms with Gasteiger partial charge in [-0.05, 0) is 24.3 Å². The molecule has 0 N–H and O–H groups in total. The second kappa shape index (κ2) is 6.04. The lowest BCUT2D eigenvalue weighted by molar-refractivity contribution is -0.179. The Balaban J connectivity index is 1.75. The highest BCUT2D eigenvalue weighted by molar-refractivity contribution is 9.39. The monoisotopic (exact) mass is 510 g/mol. The Morgan fingerprint density at radius 2 is 2.04 bits per heavy atom. The van der Waals surface area contributed by atoms with Gasteiger partial charge in [-0.3, -0.25) is 4.79 Å². The summed E-state index contributed by atoms with van der Waals surface area (Å²) < 4.78 is 11.9. The molecule has 0 spiro atoms. The van der Waals surface area contributed by atoms with Crippen LogP contribution in [0.3, 0.4) is 0 Å². The summed E-state index contributed by atoms with van der Waals surface area (Å²) in [4.78, 5) is 12.2. The number of rotatable bonds is 4. The number of Topliss-reactive ketones (excluding diaryl/α,β-unsaturated/α-hetero) is 1. The third-order valence-electron chi connectivity index (χ3n) is 5.53. The van der Waals surface area contributed by atoms with Crippen LogP contribution in [-0.2, 0) is 14.3 Å². The number of allylic oxidation sites excluding steroid dienone is 2. The highest BCUT2D eigenvalue weighted by Crippen LogP contribution is 2.70. The van der Waals surface area contributed by atoms with Crippen LogP contribution in [0, 0.1) is 17.3 Å². The van der Waals surface area contributed by atoms with E-state index in [2.05, 4.69) is 68.2 Å². The van der Waals surface area contributed by atoms with E-state index in [1.165, 1.54) is 0 Å². The minimum absolute atomic E-state index is 0.0264. The van der Waals surface area contributed by atoms with Gasteiger partial charge in [0.1, 0.15) is 0 Å². The zero-order chi connectivity index (χ0) is 17.2. The number of ether oxygens (including phenoxy) is 2. The molecule has 1 saturated carbocycles. The highest BCUT2D eigenvalue weighted by atomic mass is 80.0. The first-order valence-electron chi connectivity index (χ1n) is 7.80. The Bertz CT molecular complexity index is 576. The van der Waals surface area contributed by atoms with Crippen LogP contribution in [0.4, 0.5) is 0 Å². The molecule has 2 fully saturated rings. The maximum atomic E-state index is 12.2. The van der Waals surface area contributed by atoms with E-state index in [9.17, 15) is 4.79 Å². The van der Waals surface area contributed by atoms with Gasteiger partial charge in [0.2, 0.25) is 0 Å². The first kappa shape index (κ1) is 18.3. The molecule has 0 radical (unpaired) electrons. The molecule has 1 saturated heterocycles. The van der Waals surface area contributed by atoms with Gasteiger partial charge in [0.25, 0.3) is 0 Å². The van der Waals surface area contributed by atoms with Crippen molar-refractivity contribution in [1.29, 1.82) is 0 Å². The summed E-state index contributed by atoms with van der Waals surface area (Å²) in [6, 6.07) is 0. The molecule has 0 aromatic heterocycles. The minimum Gasteiger partial charge on any atom is -0.345 e. The number of hydrogen-bond donors (Lipinski definition) is 0. The zero-order valence-electron chi connectivity index (χ0n) is 13.4. The maximum Gasteiger partial charge on any atom is 0.162 e. The van der Waals surface area contributed by atoms with Crippen molar-refractivity contribution in [2.45, 2.75) is 54.3 Å². The van der Waals surface area contributed by atoms with Gasteiger partial charge in [0.05, 0.1) is 12.2 Å². The van der Waals surface area contributed by atoms with Gasteiger partial charge < -0.3 is 9.47 Å². The normalized spacial score (nSPS) is 38.9. The Morgan fingerprint density at radius 3 is 2.57 bits per heavy atom. The van der Waals surface area contributed by atoms with Crippen LogP contribution in [0.25, 0.3) is 0 Å². The van der Waals surface area contributed by atoms with Gasteiger partial charge in [-0.15, -0.1) is 6.58 Å². The van der Waals surface area contributed by atoms with E-state index in [0.717, 1.165) is 11.1 Å². The summed E-state index contributed by atoms with van der Waals surface area (Å²) in [6.45, 7) is 10.2. The molecule has 2 aliphatic carbocycles. The summed E-state index contributed by atoms with van der Waals surface area (Å²) in [5.41, 5.74) is 2.06. The summed E-state index contributed by atoms with van der Waals surface area (Å²) in [5, 5.41) is 0. The second-order valence-electron chi connectivity index (χ2n) is 7.25. The van der Waals surface area contributed by atoms with Crippen molar-refractivity contribution in [2.24, 2.45) is 17.3 Å². The Labute approximate surface area is 162 Å². The lowest BCUT2D eigenvalue weighted by Gasteiger charge is -2.30. The number of alkyl halides is 3. The quantitative estimate of drug-likeness (QED) is 0.389. The van der Waals surface area contributed by atoms with Crippen molar-refractivity contribution in [3.05, 3.63) is 23.8 Å². The van der Waals surface area contributed by atoms with Crippen molar-refractivity contribution < 1.29 is 14.3 Å². The van der Waals surface area contributed by atoms with Crippen molar-refractivity contribution in [1.82, 2.24) is 0 Å². The Morgan fingerprint density at radius 1 is 1.39 bits per heavy atom. The van der Waals surface area contributed by atoms with E-state index in [0.29, 0.717) is 24.7 Å². The summed E-state index contributed by atoms with van der Waals surface area (Å²) >= 11 is 10.8. The molecule has 0 bridgehead atoms. The molecule has 6 heteroatoms. The number of ketones is 1. The molecule has 128 valence electrons. The second-order valence-corrected chi connectivity index (χ2v) is 14.2. The molecule has 5 atom stereocenters. The van der Waals surface area contributed by atoms with E-state index in [1.54, 1.807) is 6.08 Å². The molecule has 3 aliphatic rings. The molecule has 3 rings (SSSR count). The standard InChI is InChI=1S/C17H21Br3O3/c1-5-6-9-8(2)11(7-10(9)21)22-15-13-12(16(13,3)4)14(23-15)17(18,19)20/h5,11-15H,1,6-7H2,2-4H3/t11-,12-,13+,14-,15+/m1/s1. The molecule has 3 nitrogen and oxygen atoms in total. The first-order chi connectivity index (χ1) is 10.6. The molecular formula is C17H21Br3O3. The number of carbonyl (C=O) groups is 1. The lowest BCUT2D eigenvalue weighted by atomic mass is 10.1. The van der Waals surface area contributed by atoms with Crippen molar-refractivity contribution in [3.8, 4) is 0 Å². The van der Waals surface area contributed by atoms with Gasteiger partial charge in [-0.1, -0.05) is 67.7 Å². The third-order valence-corrected chi connectivity index (χ3v) is 6.89. The van der Waals surface area contributed by atoms with Crippen LogP contribution in [0.5, 0.6) is 0 Å². The highest BCUT2D eigenvalue weighted by Gasteiger charge is 2.73. The Hall–Kier alpha value is 0.510. The van der Waals surface area contributed by atoms with Crippen LogP contribution in [0.1, 0.15) is 33.6 Å². The molecule has 1 aliphatic heterocycles. The molecule has 0 amide bonds. The number of fused-ring (bicyclic) bond motifs is 1. The van der Waals surface area contributed by atoms with Gasteiger partial charge in [0, 0.05) is 23.8 Å². The molecule has 1 heterocycles. The van der Waals surface area contributed by atoms with Crippen LogP contribution in [-0.4, -0.2) is 26.4 Å². The SMILES string of the molecule is C=CCC1=C(C)[C@H](O[C@H]2O[C@@H](C(Br)(Br)Br)[C@H]3[C@@H]2C3(C)C)CC1=O. The van der Waals surface area contributed by atoms with Crippen molar-refractivity contribution in [2.75, 3.05) is 0 Å². The summed E-state index contributed by atoms with van der Waals surface area (Å²) in [7, 11) is 0. The molecule has 0 unspecified atom stereocenters. The molecular weight excluding hydrogens is 492 g/mol. The van der Waals surface area contributed by atoms with Crippen molar-refractivity contribution >= 4 is 53.6 Å². The predicted octanol–water partition coefficient (Wildman–Crippen LogP) is 5.07. The fourth-order valence-corrected chi connectivity index (χ4v) is 5.30. The van der Waals surface area contributed by atoms with Crippen LogP contribution in [0.15, 0.2) is 23.8 Å². The largest absolute Gasteiger partial charge is 0.345 e. The fourth-order valence-electron chi connectivity index (χ4n) is 4.12. The van der Waals surface area contributed by atoms with E-state index >= 15 is 0 Å². The molecule has 23 heavy (non-hydrogen) atoms. The maximum absolute atomic E-state index is 12.2. The Kier molecular flexibility index (Phi) is 4.81. The molecule has 0 aromatic carbocycles. The average molecular weight is 513 g/mol. The average Bonchev–Trinajstić information content (AvgIpc) is 2.72. The van der Waals surface area contributed by atoms with Gasteiger partial charge in [0.15, 0.2) is 14.2 Å². The van der Waals surface area contributed by atoms with E-state index < -0.39 is 2.14 Å². The molecule has 0 aromatic rings. The van der Waals surface area contributed by atoms with Crippen molar-refractivity contribution in [3.63, 3.8) is 0 Å². The topological polar surface area (TPSA) is 35.5 Å². The fraction of sp³-hybridized carbons (Fsp3) is 0.706. The number of hydrogen-bond acceptors (Lipinski definition) is 3. The summed E-state index contributed by atoms with van der Waals surface area (Å²) in [6.07, 6.45) is 2.33. The number of carbonyl (C=O) groups excluding carboxylic acids is 1. The lowest BCUT2D eigenvalue weighted by Crippen LogP contribution is -2.35. The number of halogens is 3. The van der Waals surface area contributed by atoms with Gasteiger partial charge in [-0.25, -0.2) is 0 Å². The van der Waals surface area contributed by atoms with Crippen LogP contribution < -0.4 is 0 Å². The van der Waals surface area contributed by atoms with Gasteiger partial charge >= 0.3 is 0 Å². The van der Waals surface area contributed by atoms with E-state index in [1.807, 2.05) is 6.92 Å². The van der Waals surface area contributed by atoms with E-state index in [-0.39, 0.29) is 29.7 Å². The van der Waals surface area contributed by atoms with Crippen LogP contribution in [0.2, 0.25) is 0 Å². The predicted molar refractivity (Wildman–Crippen MR) is 101 cm³/mol. The van der Waals surface area contributed by atoms with E-state index in [4.69, 9.17) is 9.47 Å². The van der Waals surface area contributed by atoms with Crippen LogP contribution >= 0.6 is 47.8 Å². The first-order valence-corrected chi connectivity index (χ1v) is 10.2. The minimum atomic E-state index is -0.452. The van der Waals surface area contributed by atoms with Gasteiger partial charge in [-0.2, -0.15) is 0 Å². The zero-order valence-corrected chi connectivity index (χ0v) is 18.2. The third kappa shape index (κ3) is 3.07.